The number of rotatable bonds is 0. The molecule has 0 aromatic rings. The Morgan fingerprint density at radius 2 is 2.00 bits per heavy atom. The molecule has 4 saturated carbocycles. The second kappa shape index (κ2) is 5.07. The Kier molecular flexibility index (Phi) is 3.07. The van der Waals surface area contributed by atoms with Gasteiger partial charge in [-0.15, -0.1) is 0 Å². The molecule has 0 bridgehead atoms. The molecule has 4 nitrogen and oxygen atoms in total. The van der Waals surface area contributed by atoms with Crippen molar-refractivity contribution in [3.05, 3.63) is 23.8 Å². The summed E-state index contributed by atoms with van der Waals surface area (Å²) in [6, 6.07) is 0. The number of hydrogen-bond acceptors (Lipinski definition) is 4. The fraction of sp³-hybridized carbons (Fsp3) is 0.739. The van der Waals surface area contributed by atoms with E-state index >= 15 is 0 Å². The summed E-state index contributed by atoms with van der Waals surface area (Å²) in [5.41, 5.74) is 2.65. The molecular formula is C23H29NO3. The van der Waals surface area contributed by atoms with Gasteiger partial charge in [-0.3, -0.25) is 0 Å². The van der Waals surface area contributed by atoms with Gasteiger partial charge in [0, 0.05) is 11.5 Å². The number of oxime groups is 1. The number of ether oxygens (including phenoxy) is 1. The van der Waals surface area contributed by atoms with Crippen LogP contribution in [0, 0.1) is 34.5 Å². The van der Waals surface area contributed by atoms with Gasteiger partial charge in [-0.25, -0.2) is 4.79 Å². The second-order valence-corrected chi connectivity index (χ2v) is 10.4. The molecule has 6 atom stereocenters. The van der Waals surface area contributed by atoms with Crippen molar-refractivity contribution in [2.75, 3.05) is 0 Å². The molecular weight excluding hydrogens is 338 g/mol. The maximum Gasteiger partial charge on any atom is 0.331 e. The molecule has 2 spiro atoms. The van der Waals surface area contributed by atoms with Crippen molar-refractivity contribution in [2.45, 2.75) is 70.3 Å². The van der Waals surface area contributed by atoms with Gasteiger partial charge in [-0.05, 0) is 99.0 Å². The highest BCUT2D eigenvalue weighted by molar-refractivity contribution is 5.96. The Balaban J connectivity index is 1.38. The van der Waals surface area contributed by atoms with Crippen molar-refractivity contribution in [2.24, 2.45) is 39.7 Å². The third kappa shape index (κ3) is 1.95. The Morgan fingerprint density at radius 1 is 1.15 bits per heavy atom. The van der Waals surface area contributed by atoms with Crippen LogP contribution in [0.25, 0.3) is 0 Å². The number of allylic oxidation sites excluding steroid dienone is 2. The predicted octanol–water partition coefficient (Wildman–Crippen LogP) is 4.63. The third-order valence-corrected chi connectivity index (χ3v) is 9.62. The molecule has 0 amide bonds. The van der Waals surface area contributed by atoms with E-state index in [1.807, 2.05) is 0 Å². The lowest BCUT2D eigenvalue weighted by Gasteiger charge is -2.57. The summed E-state index contributed by atoms with van der Waals surface area (Å²) in [7, 11) is 0. The van der Waals surface area contributed by atoms with E-state index in [-0.39, 0.29) is 17.0 Å². The van der Waals surface area contributed by atoms with Crippen molar-refractivity contribution in [3.8, 4) is 0 Å². The third-order valence-electron chi connectivity index (χ3n) is 9.62. The van der Waals surface area contributed by atoms with E-state index < -0.39 is 0 Å². The molecule has 4 heteroatoms. The second-order valence-electron chi connectivity index (χ2n) is 10.4. The number of fused-ring (bicyclic) bond motifs is 7. The lowest BCUT2D eigenvalue weighted by atomic mass is 9.48. The smallest absolute Gasteiger partial charge is 0.331 e. The normalized spacial score (nSPS) is 50.3. The lowest BCUT2D eigenvalue weighted by molar-refractivity contribution is -0.161. The van der Waals surface area contributed by atoms with Gasteiger partial charge in [-0.1, -0.05) is 17.7 Å². The fourth-order valence-electron chi connectivity index (χ4n) is 8.14. The molecule has 0 aromatic carbocycles. The molecule has 1 heterocycles. The Labute approximate surface area is 160 Å². The first-order chi connectivity index (χ1) is 13.0. The molecule has 4 fully saturated rings. The summed E-state index contributed by atoms with van der Waals surface area (Å²) >= 11 is 0. The van der Waals surface area contributed by atoms with E-state index in [9.17, 15) is 10.0 Å². The maximum absolute atomic E-state index is 11.9. The van der Waals surface area contributed by atoms with Gasteiger partial charge >= 0.3 is 5.97 Å². The first-order valence-corrected chi connectivity index (χ1v) is 10.9. The highest BCUT2D eigenvalue weighted by atomic mass is 16.6. The molecule has 1 N–H and O–H groups in total. The van der Waals surface area contributed by atoms with Crippen LogP contribution in [0.4, 0.5) is 0 Å². The van der Waals surface area contributed by atoms with Crippen LogP contribution in [0.5, 0.6) is 0 Å². The van der Waals surface area contributed by atoms with Crippen LogP contribution in [-0.4, -0.2) is 22.5 Å². The summed E-state index contributed by atoms with van der Waals surface area (Å²) in [4.78, 5) is 11.9. The standard InChI is InChI=1S/C23H29NO3/c1-21-7-4-15-16-3-2-14(24-26)12-19(16)22(10-11-22)13-17(15)18(21)5-8-23(21)9-6-20(25)27-23/h6,9,12,15-18,26H,2-5,7-8,10-11,13H2,1H3/t15?,16-,17?,18?,21+,23-/m1/s1. The Morgan fingerprint density at radius 3 is 2.70 bits per heavy atom. The molecule has 0 saturated heterocycles. The van der Waals surface area contributed by atoms with Crippen LogP contribution in [0.1, 0.15) is 64.7 Å². The quantitative estimate of drug-likeness (QED) is 0.386. The molecule has 6 aliphatic rings. The molecule has 1 aliphatic heterocycles. The van der Waals surface area contributed by atoms with Crippen molar-refractivity contribution >= 4 is 11.7 Å². The van der Waals surface area contributed by atoms with Crippen LogP contribution < -0.4 is 0 Å². The van der Waals surface area contributed by atoms with Crippen molar-refractivity contribution in [1.82, 2.24) is 0 Å². The summed E-state index contributed by atoms with van der Waals surface area (Å²) < 4.78 is 5.96. The van der Waals surface area contributed by atoms with E-state index in [1.54, 1.807) is 11.6 Å². The molecule has 0 radical (unpaired) electrons. The summed E-state index contributed by atoms with van der Waals surface area (Å²) in [5, 5.41) is 12.8. The lowest BCUT2D eigenvalue weighted by Crippen LogP contribution is -2.53. The zero-order chi connectivity index (χ0) is 18.4. The van der Waals surface area contributed by atoms with Gasteiger partial charge in [-0.2, -0.15) is 0 Å². The summed E-state index contributed by atoms with van der Waals surface area (Å²) in [5.74, 6) is 2.72. The number of hydrogen-bond donors (Lipinski definition) is 1. The highest BCUT2D eigenvalue weighted by Crippen LogP contribution is 2.72. The van der Waals surface area contributed by atoms with Crippen LogP contribution in [0.15, 0.2) is 29.0 Å². The number of nitrogens with zero attached hydrogens (tertiary/aromatic N) is 1. The first-order valence-electron chi connectivity index (χ1n) is 10.9. The van der Waals surface area contributed by atoms with Gasteiger partial charge < -0.3 is 9.94 Å². The van der Waals surface area contributed by atoms with Crippen LogP contribution in [0.2, 0.25) is 0 Å². The summed E-state index contributed by atoms with van der Waals surface area (Å²) in [6.45, 7) is 2.41. The van der Waals surface area contributed by atoms with E-state index in [0.29, 0.717) is 17.3 Å². The zero-order valence-electron chi connectivity index (χ0n) is 16.1. The highest BCUT2D eigenvalue weighted by Gasteiger charge is 2.67. The fourth-order valence-corrected chi connectivity index (χ4v) is 8.14. The molecule has 6 rings (SSSR count). The van der Waals surface area contributed by atoms with Gasteiger partial charge in [0.1, 0.15) is 5.60 Å². The van der Waals surface area contributed by atoms with Crippen molar-refractivity contribution in [1.29, 1.82) is 0 Å². The van der Waals surface area contributed by atoms with Gasteiger partial charge in [0.2, 0.25) is 0 Å². The molecule has 5 aliphatic carbocycles. The average molecular weight is 367 g/mol. The van der Waals surface area contributed by atoms with E-state index in [4.69, 9.17) is 4.74 Å². The van der Waals surface area contributed by atoms with Crippen LogP contribution >= 0.6 is 0 Å². The number of carbonyl (C=O) groups excluding carboxylic acids is 1. The van der Waals surface area contributed by atoms with E-state index in [0.717, 1.165) is 43.2 Å². The maximum atomic E-state index is 11.9. The van der Waals surface area contributed by atoms with Crippen LogP contribution in [-0.2, 0) is 9.53 Å². The minimum Gasteiger partial charge on any atom is -0.451 e. The number of carbonyl (C=O) groups is 1. The molecule has 27 heavy (non-hydrogen) atoms. The largest absolute Gasteiger partial charge is 0.451 e. The predicted molar refractivity (Wildman–Crippen MR) is 101 cm³/mol. The van der Waals surface area contributed by atoms with Gasteiger partial charge in [0.15, 0.2) is 0 Å². The van der Waals surface area contributed by atoms with E-state index in [1.165, 1.54) is 32.1 Å². The molecule has 144 valence electrons. The minimum absolute atomic E-state index is 0.0977. The molecule has 3 unspecified atom stereocenters. The Hall–Kier alpha value is -1.58. The number of esters is 1. The zero-order valence-corrected chi connectivity index (χ0v) is 16.1. The average Bonchev–Trinajstić information content (AvgIpc) is 3.24. The topological polar surface area (TPSA) is 58.9 Å². The Bertz CT molecular complexity index is 806. The van der Waals surface area contributed by atoms with Crippen molar-refractivity contribution < 1.29 is 14.7 Å². The summed E-state index contributed by atoms with van der Waals surface area (Å²) in [6.07, 6.45) is 16.6. The van der Waals surface area contributed by atoms with E-state index in [2.05, 4.69) is 24.2 Å². The monoisotopic (exact) mass is 367 g/mol. The van der Waals surface area contributed by atoms with Crippen molar-refractivity contribution in [3.63, 3.8) is 0 Å². The SMILES string of the molecule is C[C@]12CCC3C(CC4(CC4)C4=CC(=NO)CC[C@@H]43)C1CC[C@@]21C=CC(=O)O1. The van der Waals surface area contributed by atoms with Gasteiger partial charge in [0.05, 0.1) is 5.71 Å². The molecule has 0 aromatic heterocycles. The first kappa shape index (κ1) is 16.4. The minimum atomic E-state index is -0.337. The van der Waals surface area contributed by atoms with Crippen LogP contribution in [0.3, 0.4) is 0 Å². The van der Waals surface area contributed by atoms with Gasteiger partial charge in [0.25, 0.3) is 0 Å².